The number of thioether (sulfide) groups is 1. The minimum absolute atomic E-state index is 0.0198. The Balaban J connectivity index is 1.51. The normalized spacial score (nSPS) is 15.8. The predicted octanol–water partition coefficient (Wildman–Crippen LogP) is 3.51. The smallest absolute Gasteiger partial charge is 0.262 e. The van der Waals surface area contributed by atoms with Crippen molar-refractivity contribution in [1.29, 1.82) is 0 Å². The Labute approximate surface area is 183 Å². The first-order valence-corrected chi connectivity index (χ1v) is 11.1. The van der Waals surface area contributed by atoms with E-state index >= 15 is 0 Å². The molecule has 1 fully saturated rings. The summed E-state index contributed by atoms with van der Waals surface area (Å²) in [4.78, 5) is 41.6. The van der Waals surface area contributed by atoms with Gasteiger partial charge in [0.1, 0.15) is 0 Å². The quantitative estimate of drug-likeness (QED) is 0.346. The Hall–Kier alpha value is -2.97. The van der Waals surface area contributed by atoms with Gasteiger partial charge in [0.05, 0.1) is 29.3 Å². The van der Waals surface area contributed by atoms with Gasteiger partial charge in [0.25, 0.3) is 5.56 Å². The van der Waals surface area contributed by atoms with E-state index in [-0.39, 0.29) is 29.1 Å². The largest absolute Gasteiger partial charge is 0.376 e. The van der Waals surface area contributed by atoms with Crippen LogP contribution in [0.3, 0.4) is 0 Å². The Kier molecular flexibility index (Phi) is 6.48. The van der Waals surface area contributed by atoms with E-state index in [0.29, 0.717) is 40.5 Å². The Morgan fingerprint density at radius 3 is 2.68 bits per heavy atom. The summed E-state index contributed by atoms with van der Waals surface area (Å²) >= 11 is 1.22. The molecule has 0 saturated carbocycles. The number of Topliss-reactive ketones (excluding diaryl/α,β-unsaturated/α-hetero) is 1. The van der Waals surface area contributed by atoms with Gasteiger partial charge in [0.2, 0.25) is 5.91 Å². The first kappa shape index (κ1) is 21.3. The van der Waals surface area contributed by atoms with E-state index in [9.17, 15) is 14.4 Å². The third-order valence-electron chi connectivity index (χ3n) is 5.14. The van der Waals surface area contributed by atoms with Gasteiger partial charge < -0.3 is 10.1 Å². The van der Waals surface area contributed by atoms with Gasteiger partial charge in [-0.2, -0.15) is 0 Å². The monoisotopic (exact) mass is 437 g/mol. The summed E-state index contributed by atoms with van der Waals surface area (Å²) in [5.74, 6) is -0.142. The topological polar surface area (TPSA) is 90.3 Å². The minimum atomic E-state index is -0.216. The number of para-hydroxylation sites is 1. The second-order valence-electron chi connectivity index (χ2n) is 7.43. The molecule has 0 radical (unpaired) electrons. The highest BCUT2D eigenvalue weighted by atomic mass is 32.2. The lowest BCUT2D eigenvalue weighted by Crippen LogP contribution is -2.29. The molecule has 1 atom stereocenters. The van der Waals surface area contributed by atoms with Crippen LogP contribution in [0.4, 0.5) is 5.69 Å². The van der Waals surface area contributed by atoms with E-state index in [1.165, 1.54) is 18.7 Å². The molecule has 1 N–H and O–H groups in total. The Bertz CT molecular complexity index is 1170. The number of ketones is 1. The fourth-order valence-corrected chi connectivity index (χ4v) is 4.33. The molecule has 1 aliphatic rings. The molecule has 1 aliphatic heterocycles. The number of fused-ring (bicyclic) bond motifs is 1. The molecule has 0 spiro atoms. The summed E-state index contributed by atoms with van der Waals surface area (Å²) in [5.41, 5.74) is 1.69. The van der Waals surface area contributed by atoms with Gasteiger partial charge in [0.15, 0.2) is 10.9 Å². The maximum Gasteiger partial charge on any atom is 0.262 e. The molecule has 1 amide bonds. The first-order valence-electron chi connectivity index (χ1n) is 10.2. The highest BCUT2D eigenvalue weighted by Gasteiger charge is 2.20. The van der Waals surface area contributed by atoms with Gasteiger partial charge in [-0.1, -0.05) is 23.9 Å². The van der Waals surface area contributed by atoms with Crippen LogP contribution in [0, 0.1) is 0 Å². The molecule has 4 rings (SSSR count). The first-order chi connectivity index (χ1) is 15.0. The summed E-state index contributed by atoms with van der Waals surface area (Å²) in [6.45, 7) is 2.62. The summed E-state index contributed by atoms with van der Waals surface area (Å²) in [6, 6.07) is 14.0. The number of ether oxygens (including phenoxy) is 1. The zero-order valence-electron chi connectivity index (χ0n) is 17.2. The molecule has 160 valence electrons. The van der Waals surface area contributed by atoms with Crippen LogP contribution in [-0.4, -0.2) is 39.7 Å². The van der Waals surface area contributed by atoms with Crippen molar-refractivity contribution in [3.05, 3.63) is 64.4 Å². The van der Waals surface area contributed by atoms with Gasteiger partial charge in [-0.05, 0) is 56.2 Å². The molecular formula is C23H23N3O4S. The molecule has 2 aromatic carbocycles. The molecule has 3 aromatic rings. The van der Waals surface area contributed by atoms with Gasteiger partial charge in [-0.25, -0.2) is 4.98 Å². The van der Waals surface area contributed by atoms with E-state index in [1.54, 1.807) is 41.0 Å². The van der Waals surface area contributed by atoms with Crippen LogP contribution in [0.2, 0.25) is 0 Å². The molecule has 31 heavy (non-hydrogen) atoms. The predicted molar refractivity (Wildman–Crippen MR) is 121 cm³/mol. The second-order valence-corrected chi connectivity index (χ2v) is 8.38. The fraction of sp³-hybridized carbons (Fsp3) is 0.304. The number of amides is 1. The van der Waals surface area contributed by atoms with Gasteiger partial charge in [-0.3, -0.25) is 19.0 Å². The van der Waals surface area contributed by atoms with E-state index in [2.05, 4.69) is 10.3 Å². The van der Waals surface area contributed by atoms with Crippen LogP contribution < -0.4 is 10.9 Å². The van der Waals surface area contributed by atoms with E-state index in [1.807, 2.05) is 12.1 Å². The summed E-state index contributed by atoms with van der Waals surface area (Å²) in [6.07, 6.45) is 1.86. The molecule has 0 unspecified atom stereocenters. The van der Waals surface area contributed by atoms with Crippen LogP contribution in [0.25, 0.3) is 10.9 Å². The lowest BCUT2D eigenvalue weighted by molar-refractivity contribution is -0.113. The SMILES string of the molecule is CC(=O)c1ccc(NC(=O)CSc2nc3ccccc3c(=O)n2C[C@@H]2CCCO2)cc1. The molecule has 1 aromatic heterocycles. The van der Waals surface area contributed by atoms with Crippen LogP contribution in [0.5, 0.6) is 0 Å². The molecular weight excluding hydrogens is 414 g/mol. The van der Waals surface area contributed by atoms with E-state index in [4.69, 9.17) is 4.74 Å². The number of carbonyl (C=O) groups excluding carboxylic acids is 2. The van der Waals surface area contributed by atoms with Crippen molar-refractivity contribution in [1.82, 2.24) is 9.55 Å². The third-order valence-corrected chi connectivity index (χ3v) is 6.12. The lowest BCUT2D eigenvalue weighted by atomic mass is 10.1. The van der Waals surface area contributed by atoms with Crippen molar-refractivity contribution < 1.29 is 14.3 Å². The lowest BCUT2D eigenvalue weighted by Gasteiger charge is -2.16. The van der Waals surface area contributed by atoms with Crippen molar-refractivity contribution in [2.24, 2.45) is 0 Å². The maximum absolute atomic E-state index is 13.1. The van der Waals surface area contributed by atoms with Crippen LogP contribution in [0.15, 0.2) is 58.5 Å². The zero-order valence-corrected chi connectivity index (χ0v) is 18.0. The number of nitrogens with one attached hydrogen (secondary N) is 1. The number of benzene rings is 2. The Morgan fingerprint density at radius 2 is 1.97 bits per heavy atom. The van der Waals surface area contributed by atoms with Crippen LogP contribution in [0.1, 0.15) is 30.1 Å². The average Bonchev–Trinajstić information content (AvgIpc) is 3.28. The van der Waals surface area contributed by atoms with Crippen molar-refractivity contribution in [3.63, 3.8) is 0 Å². The number of hydrogen-bond donors (Lipinski definition) is 1. The Morgan fingerprint density at radius 1 is 1.19 bits per heavy atom. The van der Waals surface area contributed by atoms with Gasteiger partial charge in [-0.15, -0.1) is 0 Å². The van der Waals surface area contributed by atoms with E-state index in [0.717, 1.165) is 12.8 Å². The summed E-state index contributed by atoms with van der Waals surface area (Å²) in [7, 11) is 0. The summed E-state index contributed by atoms with van der Waals surface area (Å²) in [5, 5.41) is 3.87. The van der Waals surface area contributed by atoms with E-state index < -0.39 is 0 Å². The molecule has 8 heteroatoms. The maximum atomic E-state index is 13.1. The molecule has 2 heterocycles. The fourth-order valence-electron chi connectivity index (χ4n) is 3.53. The minimum Gasteiger partial charge on any atom is -0.376 e. The molecule has 0 aliphatic carbocycles. The highest BCUT2D eigenvalue weighted by Crippen LogP contribution is 2.21. The zero-order chi connectivity index (χ0) is 21.8. The average molecular weight is 438 g/mol. The number of rotatable bonds is 7. The molecule has 0 bridgehead atoms. The molecule has 7 nitrogen and oxygen atoms in total. The number of nitrogens with zero attached hydrogens (tertiary/aromatic N) is 2. The van der Waals surface area contributed by atoms with Gasteiger partial charge in [0, 0.05) is 17.9 Å². The van der Waals surface area contributed by atoms with Crippen molar-refractivity contribution in [2.45, 2.75) is 37.6 Å². The third kappa shape index (κ3) is 5.03. The number of carbonyl (C=O) groups is 2. The van der Waals surface area contributed by atoms with Crippen LogP contribution in [-0.2, 0) is 16.1 Å². The second kappa shape index (κ2) is 9.45. The summed E-state index contributed by atoms with van der Waals surface area (Å²) < 4.78 is 7.33. The van der Waals surface area contributed by atoms with Crippen molar-refractivity contribution in [3.8, 4) is 0 Å². The van der Waals surface area contributed by atoms with Crippen molar-refractivity contribution in [2.75, 3.05) is 17.7 Å². The van der Waals surface area contributed by atoms with Crippen molar-refractivity contribution >= 4 is 40.0 Å². The molecule has 1 saturated heterocycles. The number of anilines is 1. The standard InChI is InChI=1S/C23H23N3O4S/c1-15(27)16-8-10-17(11-9-16)24-21(28)14-31-23-25-20-7-3-2-6-19(20)22(29)26(23)13-18-5-4-12-30-18/h2-3,6-11,18H,4-5,12-14H2,1H3,(H,24,28)/t18-/m0/s1. The number of hydrogen-bond acceptors (Lipinski definition) is 6. The number of aromatic nitrogens is 2. The highest BCUT2D eigenvalue weighted by molar-refractivity contribution is 7.99. The van der Waals surface area contributed by atoms with Gasteiger partial charge >= 0.3 is 0 Å². The van der Waals surface area contributed by atoms with Crippen LogP contribution >= 0.6 is 11.8 Å².